The number of allylic oxidation sites excluding steroid dienone is 2. The number of halogens is 1. The van der Waals surface area contributed by atoms with Crippen LogP contribution in [-0.4, -0.2) is 18.5 Å². The van der Waals surface area contributed by atoms with Crippen LogP contribution in [0.1, 0.15) is 57.9 Å². The Labute approximate surface area is 154 Å². The first kappa shape index (κ1) is 19.5. The van der Waals surface area contributed by atoms with E-state index < -0.39 is 6.16 Å². The van der Waals surface area contributed by atoms with E-state index in [4.69, 9.17) is 21.1 Å². The van der Waals surface area contributed by atoms with Crippen molar-refractivity contribution in [2.75, 3.05) is 6.61 Å². The summed E-state index contributed by atoms with van der Waals surface area (Å²) in [7, 11) is 0. The van der Waals surface area contributed by atoms with E-state index in [1.807, 2.05) is 0 Å². The van der Waals surface area contributed by atoms with E-state index in [9.17, 15) is 9.59 Å². The van der Waals surface area contributed by atoms with Gasteiger partial charge in [-0.15, -0.1) is 0 Å². The number of Topliss-reactive ketones (excluding diaryl/α,β-unsaturated/α-hetero) is 1. The highest BCUT2D eigenvalue weighted by molar-refractivity contribution is 6.30. The number of carbonyl (C=O) groups is 2. The van der Waals surface area contributed by atoms with Crippen molar-refractivity contribution in [1.29, 1.82) is 0 Å². The van der Waals surface area contributed by atoms with Crippen LogP contribution >= 0.6 is 11.6 Å². The fourth-order valence-electron chi connectivity index (χ4n) is 2.89. The van der Waals surface area contributed by atoms with Crippen molar-refractivity contribution in [1.82, 2.24) is 0 Å². The average Bonchev–Trinajstić information content (AvgIpc) is 2.96. The molecule has 25 heavy (non-hydrogen) atoms. The van der Waals surface area contributed by atoms with E-state index in [2.05, 4.69) is 13.8 Å². The molecule has 1 aliphatic rings. The van der Waals surface area contributed by atoms with Crippen LogP contribution in [0.3, 0.4) is 0 Å². The minimum Gasteiger partial charge on any atom is -0.434 e. The summed E-state index contributed by atoms with van der Waals surface area (Å²) in [6.07, 6.45) is 4.28. The number of ketones is 1. The Morgan fingerprint density at radius 2 is 1.92 bits per heavy atom. The molecule has 1 aromatic carbocycles. The maximum absolute atomic E-state index is 12.2. The SMILES string of the molecule is CCCCC(CC)COC(=O)OC1=C(c2ccc(Cl)cc2)C(=O)CC1. The van der Waals surface area contributed by atoms with Crippen molar-refractivity contribution < 1.29 is 19.1 Å². The average molecular weight is 365 g/mol. The minimum absolute atomic E-state index is 0.0282. The smallest absolute Gasteiger partial charge is 0.434 e. The largest absolute Gasteiger partial charge is 0.513 e. The zero-order chi connectivity index (χ0) is 18.2. The highest BCUT2D eigenvalue weighted by Gasteiger charge is 2.28. The van der Waals surface area contributed by atoms with Crippen molar-refractivity contribution >= 4 is 29.1 Å². The van der Waals surface area contributed by atoms with Gasteiger partial charge >= 0.3 is 6.16 Å². The summed E-state index contributed by atoms with van der Waals surface area (Å²) < 4.78 is 10.6. The maximum Gasteiger partial charge on any atom is 0.513 e. The van der Waals surface area contributed by atoms with Crippen LogP contribution in [0.2, 0.25) is 5.02 Å². The predicted molar refractivity (Wildman–Crippen MR) is 98.4 cm³/mol. The van der Waals surface area contributed by atoms with Gasteiger partial charge in [0.15, 0.2) is 5.78 Å². The van der Waals surface area contributed by atoms with Crippen molar-refractivity contribution in [3.8, 4) is 0 Å². The zero-order valence-electron chi connectivity index (χ0n) is 14.8. The van der Waals surface area contributed by atoms with Crippen molar-refractivity contribution in [3.63, 3.8) is 0 Å². The first-order valence-corrected chi connectivity index (χ1v) is 9.29. The quantitative estimate of drug-likeness (QED) is 0.548. The zero-order valence-corrected chi connectivity index (χ0v) is 15.6. The summed E-state index contributed by atoms with van der Waals surface area (Å²) >= 11 is 5.89. The molecule has 4 nitrogen and oxygen atoms in total. The molecule has 0 heterocycles. The van der Waals surface area contributed by atoms with E-state index in [-0.39, 0.29) is 5.78 Å². The molecule has 0 bridgehead atoms. The third kappa shape index (κ3) is 5.60. The molecule has 0 aliphatic heterocycles. The van der Waals surface area contributed by atoms with Gasteiger partial charge in [-0.3, -0.25) is 4.79 Å². The molecule has 0 saturated heterocycles. The standard InChI is InChI=1S/C20H25ClO4/c1-3-5-6-14(4-2)13-24-20(23)25-18-12-11-17(22)19(18)15-7-9-16(21)10-8-15/h7-10,14H,3-6,11-13H2,1-2H3. The van der Waals surface area contributed by atoms with Gasteiger partial charge in [0.05, 0.1) is 12.2 Å². The van der Waals surface area contributed by atoms with Crippen LogP contribution in [0, 0.1) is 5.92 Å². The summed E-state index contributed by atoms with van der Waals surface area (Å²) in [5.74, 6) is 0.709. The Bertz CT molecular complexity index is 634. The molecule has 0 spiro atoms. The van der Waals surface area contributed by atoms with Crippen molar-refractivity contribution in [2.45, 2.75) is 52.4 Å². The molecule has 0 N–H and O–H groups in total. The molecule has 0 fully saturated rings. The highest BCUT2D eigenvalue weighted by Crippen LogP contribution is 2.32. The van der Waals surface area contributed by atoms with Gasteiger partial charge in [0, 0.05) is 17.9 Å². The van der Waals surface area contributed by atoms with E-state index in [0.717, 1.165) is 25.7 Å². The molecule has 1 aliphatic carbocycles. The molecule has 1 atom stereocenters. The number of ether oxygens (including phenoxy) is 2. The highest BCUT2D eigenvalue weighted by atomic mass is 35.5. The van der Waals surface area contributed by atoms with Crippen LogP contribution in [0.5, 0.6) is 0 Å². The number of rotatable bonds is 8. The number of hydrogen-bond donors (Lipinski definition) is 0. The van der Waals surface area contributed by atoms with Crippen LogP contribution < -0.4 is 0 Å². The monoisotopic (exact) mass is 364 g/mol. The number of benzene rings is 1. The second-order valence-electron chi connectivity index (χ2n) is 6.31. The summed E-state index contributed by atoms with van der Waals surface area (Å²) in [5.41, 5.74) is 1.16. The lowest BCUT2D eigenvalue weighted by atomic mass is 10.0. The van der Waals surface area contributed by atoms with Crippen molar-refractivity contribution in [2.24, 2.45) is 5.92 Å². The van der Waals surface area contributed by atoms with Gasteiger partial charge in [0.25, 0.3) is 0 Å². The lowest BCUT2D eigenvalue weighted by Crippen LogP contribution is -2.15. The number of unbranched alkanes of at least 4 members (excludes halogenated alkanes) is 1. The summed E-state index contributed by atoms with van der Waals surface area (Å²) in [6, 6.07) is 6.94. The van der Waals surface area contributed by atoms with Gasteiger partial charge in [-0.2, -0.15) is 0 Å². The molecule has 136 valence electrons. The molecule has 5 heteroatoms. The topological polar surface area (TPSA) is 52.6 Å². The summed E-state index contributed by atoms with van der Waals surface area (Å²) in [5, 5.41) is 0.592. The molecule has 2 rings (SSSR count). The van der Waals surface area contributed by atoms with Gasteiger partial charge < -0.3 is 9.47 Å². The Morgan fingerprint density at radius 3 is 2.56 bits per heavy atom. The fourth-order valence-corrected chi connectivity index (χ4v) is 3.01. The second kappa shape index (κ2) is 9.62. The van der Waals surface area contributed by atoms with Gasteiger partial charge in [-0.25, -0.2) is 4.79 Å². The molecular formula is C20H25ClO4. The van der Waals surface area contributed by atoms with Crippen LogP contribution in [-0.2, 0) is 14.3 Å². The predicted octanol–water partition coefficient (Wildman–Crippen LogP) is 5.78. The second-order valence-corrected chi connectivity index (χ2v) is 6.74. The molecule has 1 aromatic rings. The molecular weight excluding hydrogens is 340 g/mol. The third-order valence-electron chi connectivity index (χ3n) is 4.46. The summed E-state index contributed by atoms with van der Waals surface area (Å²) in [6.45, 7) is 4.59. The molecule has 0 aromatic heterocycles. The normalized spacial score (nSPS) is 15.4. The summed E-state index contributed by atoms with van der Waals surface area (Å²) in [4.78, 5) is 24.2. The molecule has 0 amide bonds. The van der Waals surface area contributed by atoms with Gasteiger partial charge in [0.1, 0.15) is 5.76 Å². The Balaban J connectivity index is 2.00. The molecule has 0 saturated carbocycles. The van der Waals surface area contributed by atoms with Gasteiger partial charge in [0.2, 0.25) is 0 Å². The Morgan fingerprint density at radius 1 is 1.20 bits per heavy atom. The third-order valence-corrected chi connectivity index (χ3v) is 4.71. The van der Waals surface area contributed by atoms with E-state index in [1.165, 1.54) is 0 Å². The number of carbonyl (C=O) groups excluding carboxylic acids is 2. The fraction of sp³-hybridized carbons (Fsp3) is 0.500. The van der Waals surface area contributed by atoms with Crippen molar-refractivity contribution in [3.05, 3.63) is 40.6 Å². The van der Waals surface area contributed by atoms with Crippen LogP contribution in [0.15, 0.2) is 30.0 Å². The lowest BCUT2D eigenvalue weighted by Gasteiger charge is -2.15. The van der Waals surface area contributed by atoms with Gasteiger partial charge in [-0.05, 0) is 30.0 Å². The number of hydrogen-bond acceptors (Lipinski definition) is 4. The van der Waals surface area contributed by atoms with E-state index in [1.54, 1.807) is 24.3 Å². The van der Waals surface area contributed by atoms with Gasteiger partial charge in [-0.1, -0.05) is 56.8 Å². The maximum atomic E-state index is 12.2. The van der Waals surface area contributed by atoms with Crippen LogP contribution in [0.25, 0.3) is 5.57 Å². The minimum atomic E-state index is -0.730. The molecule has 1 unspecified atom stereocenters. The molecule has 0 radical (unpaired) electrons. The Kier molecular flexibility index (Phi) is 7.51. The first-order chi connectivity index (χ1) is 12.0. The lowest BCUT2D eigenvalue weighted by molar-refractivity contribution is -0.113. The van der Waals surface area contributed by atoms with E-state index >= 15 is 0 Å². The van der Waals surface area contributed by atoms with E-state index in [0.29, 0.717) is 47.3 Å². The Hall–Kier alpha value is -1.81. The van der Waals surface area contributed by atoms with Crippen LogP contribution in [0.4, 0.5) is 4.79 Å². The first-order valence-electron chi connectivity index (χ1n) is 8.92.